The van der Waals surface area contributed by atoms with Crippen LogP contribution in [0.5, 0.6) is 0 Å². The fraction of sp³-hybridized carbons (Fsp3) is 0.615. The second-order valence-corrected chi connectivity index (χ2v) is 4.95. The molecule has 0 aliphatic carbocycles. The number of aryl methyl sites for hydroxylation is 1. The van der Waals surface area contributed by atoms with Gasteiger partial charge in [0.15, 0.2) is 0 Å². The summed E-state index contributed by atoms with van der Waals surface area (Å²) in [5.41, 5.74) is 0.312. The summed E-state index contributed by atoms with van der Waals surface area (Å²) in [6.45, 7) is 5.08. The molecule has 1 aliphatic heterocycles. The Bertz CT molecular complexity index is 504. The van der Waals surface area contributed by atoms with Gasteiger partial charge in [-0.3, -0.25) is 4.79 Å². The van der Waals surface area contributed by atoms with E-state index in [1.54, 1.807) is 11.5 Å². The molecule has 0 aromatic carbocycles. The van der Waals surface area contributed by atoms with E-state index in [2.05, 4.69) is 9.88 Å². The van der Waals surface area contributed by atoms with Crippen LogP contribution >= 0.6 is 0 Å². The predicted octanol–water partition coefficient (Wildman–Crippen LogP) is -0.248. The normalized spacial score (nSPS) is 16.2. The maximum Gasteiger partial charge on any atom is 0.356 e. The molecule has 20 heavy (non-hydrogen) atoms. The second-order valence-electron chi connectivity index (χ2n) is 4.95. The summed E-state index contributed by atoms with van der Waals surface area (Å²) in [5.74, 6) is 0.161. The van der Waals surface area contributed by atoms with Crippen molar-refractivity contribution in [1.82, 2.24) is 19.4 Å². The van der Waals surface area contributed by atoms with Gasteiger partial charge in [0.25, 0.3) is 0 Å². The Labute approximate surface area is 118 Å². The highest BCUT2D eigenvalue weighted by atomic mass is 16.5. The number of nitrogens with zero attached hydrogens (tertiary/aromatic N) is 4. The van der Waals surface area contributed by atoms with E-state index in [4.69, 9.17) is 4.74 Å². The van der Waals surface area contributed by atoms with Gasteiger partial charge in [0.1, 0.15) is 18.1 Å². The number of hydrogen-bond donors (Lipinski definition) is 0. The molecule has 1 amide bonds. The van der Waals surface area contributed by atoms with E-state index in [0.717, 1.165) is 26.2 Å². The molecule has 0 unspecified atom stereocenters. The van der Waals surface area contributed by atoms with Crippen molar-refractivity contribution in [3.05, 3.63) is 17.7 Å². The van der Waals surface area contributed by atoms with Gasteiger partial charge in [0, 0.05) is 26.2 Å². The Morgan fingerprint density at radius 2 is 1.95 bits per heavy atom. The lowest BCUT2D eigenvalue weighted by molar-refractivity contribution is -0.133. The van der Waals surface area contributed by atoms with E-state index in [1.165, 1.54) is 13.3 Å². The number of carbonyl (C=O) groups is 2. The molecule has 1 fully saturated rings. The zero-order valence-electron chi connectivity index (χ0n) is 12.1. The molecule has 0 bridgehead atoms. The third-order valence-electron chi connectivity index (χ3n) is 3.60. The minimum Gasteiger partial charge on any atom is -0.464 e. The first-order valence-corrected chi connectivity index (χ1v) is 6.59. The molecule has 1 saturated heterocycles. The number of rotatable bonds is 3. The Kier molecular flexibility index (Phi) is 4.39. The minimum atomic E-state index is -0.475. The Morgan fingerprint density at radius 3 is 2.55 bits per heavy atom. The van der Waals surface area contributed by atoms with Crippen LogP contribution in [0.2, 0.25) is 0 Å². The van der Waals surface area contributed by atoms with Crippen molar-refractivity contribution in [1.29, 1.82) is 0 Å². The van der Waals surface area contributed by atoms with Crippen LogP contribution in [0.15, 0.2) is 6.20 Å². The fourth-order valence-corrected chi connectivity index (χ4v) is 2.23. The Balaban J connectivity index is 2.08. The number of amides is 1. The smallest absolute Gasteiger partial charge is 0.356 e. The highest BCUT2D eigenvalue weighted by Crippen LogP contribution is 2.08. The highest BCUT2D eigenvalue weighted by molar-refractivity contribution is 5.88. The first-order chi connectivity index (χ1) is 9.52. The molecule has 0 saturated carbocycles. The number of aromatic nitrogens is 2. The number of piperazine rings is 1. The SMILES string of the molecule is COC(=O)c1cnc(C)n1CC(=O)N1CCN(C)CC1. The molecule has 1 aromatic heterocycles. The van der Waals surface area contributed by atoms with Gasteiger partial charge in [0.05, 0.1) is 13.3 Å². The monoisotopic (exact) mass is 280 g/mol. The largest absolute Gasteiger partial charge is 0.464 e. The van der Waals surface area contributed by atoms with Crippen LogP contribution in [0.3, 0.4) is 0 Å². The highest BCUT2D eigenvalue weighted by Gasteiger charge is 2.22. The first-order valence-electron chi connectivity index (χ1n) is 6.59. The van der Waals surface area contributed by atoms with E-state index in [-0.39, 0.29) is 12.5 Å². The summed E-state index contributed by atoms with van der Waals surface area (Å²) in [6.07, 6.45) is 1.44. The van der Waals surface area contributed by atoms with E-state index in [1.807, 2.05) is 11.9 Å². The molecular weight excluding hydrogens is 260 g/mol. The van der Waals surface area contributed by atoms with Gasteiger partial charge in [-0.05, 0) is 14.0 Å². The standard InChI is InChI=1S/C13H20N4O3/c1-10-14-8-11(13(19)20-3)17(10)9-12(18)16-6-4-15(2)5-7-16/h8H,4-7,9H2,1-3H3. The summed E-state index contributed by atoms with van der Waals surface area (Å²) < 4.78 is 6.30. The van der Waals surface area contributed by atoms with Gasteiger partial charge in [0.2, 0.25) is 5.91 Å². The number of methoxy groups -OCH3 is 1. The predicted molar refractivity (Wildman–Crippen MR) is 72.4 cm³/mol. The van der Waals surface area contributed by atoms with Crippen molar-refractivity contribution in [2.45, 2.75) is 13.5 Å². The maximum atomic E-state index is 12.3. The number of likely N-dealkylation sites (N-methyl/N-ethyl adjacent to an activating group) is 1. The number of carbonyl (C=O) groups excluding carboxylic acids is 2. The lowest BCUT2D eigenvalue weighted by Gasteiger charge is -2.32. The summed E-state index contributed by atoms with van der Waals surface area (Å²) in [4.78, 5) is 32.0. The molecular formula is C13H20N4O3. The van der Waals surface area contributed by atoms with Crippen molar-refractivity contribution in [2.75, 3.05) is 40.3 Å². The third-order valence-corrected chi connectivity index (χ3v) is 3.60. The lowest BCUT2D eigenvalue weighted by atomic mass is 10.3. The lowest BCUT2D eigenvalue weighted by Crippen LogP contribution is -2.48. The molecule has 110 valence electrons. The summed E-state index contributed by atoms with van der Waals surface area (Å²) in [7, 11) is 3.36. The molecule has 7 heteroatoms. The van der Waals surface area contributed by atoms with E-state index >= 15 is 0 Å². The number of esters is 1. The first kappa shape index (κ1) is 14.5. The van der Waals surface area contributed by atoms with Crippen molar-refractivity contribution >= 4 is 11.9 Å². The van der Waals surface area contributed by atoms with Crippen LogP contribution in [0.1, 0.15) is 16.3 Å². The summed E-state index contributed by atoms with van der Waals surface area (Å²) in [5, 5.41) is 0. The van der Waals surface area contributed by atoms with Gasteiger partial charge in [-0.1, -0.05) is 0 Å². The van der Waals surface area contributed by atoms with Gasteiger partial charge < -0.3 is 19.1 Å². The van der Waals surface area contributed by atoms with Crippen LogP contribution in [0.25, 0.3) is 0 Å². The summed E-state index contributed by atoms with van der Waals surface area (Å²) in [6, 6.07) is 0. The molecule has 0 radical (unpaired) electrons. The molecule has 0 atom stereocenters. The van der Waals surface area contributed by atoms with Gasteiger partial charge in [-0.2, -0.15) is 0 Å². The van der Waals surface area contributed by atoms with Crippen LogP contribution in [0.4, 0.5) is 0 Å². The number of ether oxygens (including phenoxy) is 1. The molecule has 1 aliphatic rings. The number of hydrogen-bond acceptors (Lipinski definition) is 5. The van der Waals surface area contributed by atoms with E-state index < -0.39 is 5.97 Å². The molecule has 2 heterocycles. The zero-order valence-corrected chi connectivity index (χ0v) is 12.1. The molecule has 0 spiro atoms. The zero-order chi connectivity index (χ0) is 14.7. The quantitative estimate of drug-likeness (QED) is 0.714. The number of imidazole rings is 1. The molecule has 7 nitrogen and oxygen atoms in total. The van der Waals surface area contributed by atoms with Crippen molar-refractivity contribution in [3.63, 3.8) is 0 Å². The van der Waals surface area contributed by atoms with Gasteiger partial charge in [-0.25, -0.2) is 9.78 Å². The van der Waals surface area contributed by atoms with Crippen LogP contribution in [-0.2, 0) is 16.1 Å². The average molecular weight is 280 g/mol. The van der Waals surface area contributed by atoms with Gasteiger partial charge >= 0.3 is 5.97 Å². The average Bonchev–Trinajstić information content (AvgIpc) is 2.80. The van der Waals surface area contributed by atoms with Crippen LogP contribution in [0, 0.1) is 6.92 Å². The molecule has 2 rings (SSSR count). The van der Waals surface area contributed by atoms with Crippen LogP contribution < -0.4 is 0 Å². The maximum absolute atomic E-state index is 12.3. The minimum absolute atomic E-state index is 0.00403. The molecule has 0 N–H and O–H groups in total. The van der Waals surface area contributed by atoms with E-state index in [9.17, 15) is 9.59 Å². The second kappa shape index (κ2) is 6.04. The van der Waals surface area contributed by atoms with Crippen LogP contribution in [-0.4, -0.2) is 71.6 Å². The Morgan fingerprint density at radius 1 is 1.30 bits per heavy atom. The van der Waals surface area contributed by atoms with Gasteiger partial charge in [-0.15, -0.1) is 0 Å². The molecule has 1 aromatic rings. The third kappa shape index (κ3) is 2.98. The fourth-order valence-electron chi connectivity index (χ4n) is 2.23. The van der Waals surface area contributed by atoms with E-state index in [0.29, 0.717) is 11.5 Å². The topological polar surface area (TPSA) is 67.7 Å². The summed E-state index contributed by atoms with van der Waals surface area (Å²) >= 11 is 0. The Hall–Kier alpha value is -1.89. The van der Waals surface area contributed by atoms with Crippen molar-refractivity contribution < 1.29 is 14.3 Å². The van der Waals surface area contributed by atoms with Crippen molar-refractivity contribution in [2.24, 2.45) is 0 Å². The van der Waals surface area contributed by atoms with Crippen molar-refractivity contribution in [3.8, 4) is 0 Å².